The Hall–Kier alpha value is -2.49. The van der Waals surface area contributed by atoms with E-state index in [0.29, 0.717) is 21.7 Å². The summed E-state index contributed by atoms with van der Waals surface area (Å²) in [5, 5.41) is 15.5. The maximum Gasteiger partial charge on any atom is 0.435 e. The fourth-order valence-electron chi connectivity index (χ4n) is 1.74. The average Bonchev–Trinajstić information content (AvgIpc) is 2.89. The molecule has 0 aliphatic rings. The first kappa shape index (κ1) is 15.4. The predicted molar refractivity (Wildman–Crippen MR) is 75.4 cm³/mol. The highest BCUT2D eigenvalue weighted by Crippen LogP contribution is 2.30. The lowest BCUT2D eigenvalue weighted by molar-refractivity contribution is -0.141. The summed E-state index contributed by atoms with van der Waals surface area (Å²) in [6.07, 6.45) is -2.87. The second kappa shape index (κ2) is 5.95. The molecule has 0 atom stereocenters. The van der Waals surface area contributed by atoms with Gasteiger partial charge in [-0.15, -0.1) is 20.4 Å². The van der Waals surface area contributed by atoms with E-state index in [2.05, 4.69) is 25.4 Å². The molecule has 0 aliphatic carbocycles. The van der Waals surface area contributed by atoms with Crippen LogP contribution in [0.4, 0.5) is 13.2 Å². The van der Waals surface area contributed by atoms with E-state index in [9.17, 15) is 13.2 Å². The Labute approximate surface area is 132 Å². The zero-order valence-corrected chi connectivity index (χ0v) is 12.5. The van der Waals surface area contributed by atoms with Crippen LogP contribution in [0.3, 0.4) is 0 Å². The Kier molecular flexibility index (Phi) is 3.99. The molecule has 0 unspecified atom stereocenters. The predicted octanol–water partition coefficient (Wildman–Crippen LogP) is 2.84. The van der Waals surface area contributed by atoms with Crippen LogP contribution in [-0.2, 0) is 13.2 Å². The van der Waals surface area contributed by atoms with Crippen molar-refractivity contribution in [3.05, 3.63) is 42.2 Å². The summed E-state index contributed by atoms with van der Waals surface area (Å²) in [6, 6.07) is 7.52. The second-order valence-corrected chi connectivity index (χ2v) is 5.42. The van der Waals surface area contributed by atoms with Gasteiger partial charge in [-0.1, -0.05) is 6.07 Å². The minimum absolute atomic E-state index is 0.293. The summed E-state index contributed by atoms with van der Waals surface area (Å²) in [5.74, 6) is 0.549. The van der Waals surface area contributed by atoms with Crippen LogP contribution < -0.4 is 0 Å². The van der Waals surface area contributed by atoms with Crippen LogP contribution in [0.15, 0.2) is 46.7 Å². The molecule has 0 saturated carbocycles. The first-order valence-corrected chi connectivity index (χ1v) is 7.16. The number of hydrogen-bond donors (Lipinski definition) is 0. The lowest BCUT2D eigenvalue weighted by Crippen LogP contribution is -2.08. The van der Waals surface area contributed by atoms with Gasteiger partial charge >= 0.3 is 6.18 Å². The van der Waals surface area contributed by atoms with Gasteiger partial charge in [-0.2, -0.15) is 13.2 Å². The van der Waals surface area contributed by atoms with Gasteiger partial charge in [0.05, 0.1) is 0 Å². The summed E-state index contributed by atoms with van der Waals surface area (Å²) in [7, 11) is 1.74. The number of rotatable bonds is 3. The van der Waals surface area contributed by atoms with Gasteiger partial charge in [-0.25, -0.2) is 0 Å². The Bertz CT molecular complexity index is 801. The molecule has 0 spiro atoms. The summed E-state index contributed by atoms with van der Waals surface area (Å²) in [4.78, 5) is 4.18. The highest BCUT2D eigenvalue weighted by molar-refractivity contribution is 7.99. The molecular weight excluding hydrogens is 329 g/mol. The summed E-state index contributed by atoms with van der Waals surface area (Å²) < 4.78 is 39.1. The van der Waals surface area contributed by atoms with Crippen molar-refractivity contribution in [2.24, 2.45) is 7.05 Å². The summed E-state index contributed by atoms with van der Waals surface area (Å²) in [5.41, 5.74) is -0.387. The molecule has 0 N–H and O–H groups in total. The van der Waals surface area contributed by atoms with Crippen molar-refractivity contribution in [1.29, 1.82) is 0 Å². The van der Waals surface area contributed by atoms with Gasteiger partial charge < -0.3 is 4.57 Å². The smallest absolute Gasteiger partial charge is 0.304 e. The molecule has 0 bridgehead atoms. The lowest BCUT2D eigenvalue weighted by atomic mass is 10.3. The van der Waals surface area contributed by atoms with Crippen molar-refractivity contribution in [1.82, 2.24) is 29.9 Å². The third-order valence-corrected chi connectivity index (χ3v) is 3.82. The molecule has 3 rings (SSSR count). The van der Waals surface area contributed by atoms with Crippen molar-refractivity contribution in [3.8, 4) is 11.5 Å². The molecule has 10 heteroatoms. The van der Waals surface area contributed by atoms with Crippen LogP contribution in [0.25, 0.3) is 11.5 Å². The van der Waals surface area contributed by atoms with Crippen LogP contribution >= 0.6 is 11.8 Å². The third kappa shape index (κ3) is 3.31. The first-order chi connectivity index (χ1) is 10.9. The Morgan fingerprint density at radius 3 is 2.43 bits per heavy atom. The fraction of sp³-hybridized carbons (Fsp3) is 0.154. The number of halogens is 3. The quantitative estimate of drug-likeness (QED) is 0.731. The van der Waals surface area contributed by atoms with Gasteiger partial charge in [-0.05, 0) is 36.0 Å². The van der Waals surface area contributed by atoms with E-state index in [1.165, 1.54) is 6.07 Å². The monoisotopic (exact) mass is 338 g/mol. The fourth-order valence-corrected chi connectivity index (χ4v) is 2.45. The van der Waals surface area contributed by atoms with E-state index in [0.717, 1.165) is 17.8 Å². The van der Waals surface area contributed by atoms with Gasteiger partial charge in [0, 0.05) is 13.2 Å². The van der Waals surface area contributed by atoms with Gasteiger partial charge in [0.15, 0.2) is 16.7 Å². The Balaban J connectivity index is 1.83. The van der Waals surface area contributed by atoms with Crippen molar-refractivity contribution in [2.45, 2.75) is 16.4 Å². The number of hydrogen-bond acceptors (Lipinski definition) is 6. The lowest BCUT2D eigenvalue weighted by Gasteiger charge is -2.05. The molecule has 0 radical (unpaired) electrons. The Morgan fingerprint density at radius 2 is 1.83 bits per heavy atom. The average molecular weight is 338 g/mol. The van der Waals surface area contributed by atoms with E-state index < -0.39 is 11.9 Å². The van der Waals surface area contributed by atoms with Gasteiger partial charge in [0.25, 0.3) is 0 Å². The molecule has 3 heterocycles. The second-order valence-electron chi connectivity index (χ2n) is 4.44. The van der Waals surface area contributed by atoms with E-state index in [1.54, 1.807) is 29.9 Å². The third-order valence-electron chi connectivity index (χ3n) is 2.86. The minimum Gasteiger partial charge on any atom is -0.304 e. The zero-order valence-electron chi connectivity index (χ0n) is 11.7. The summed E-state index contributed by atoms with van der Waals surface area (Å²) >= 11 is 1.07. The SMILES string of the molecule is Cn1c(Sc2ccc(C(F)(F)F)nn2)nnc1-c1ccccn1. The maximum atomic E-state index is 12.5. The molecule has 3 aromatic rings. The van der Waals surface area contributed by atoms with E-state index in [4.69, 9.17) is 0 Å². The molecule has 0 saturated heterocycles. The van der Waals surface area contributed by atoms with Gasteiger partial charge in [-0.3, -0.25) is 4.98 Å². The summed E-state index contributed by atoms with van der Waals surface area (Å²) in [6.45, 7) is 0. The number of pyridine rings is 1. The highest BCUT2D eigenvalue weighted by atomic mass is 32.2. The number of nitrogens with zero attached hydrogens (tertiary/aromatic N) is 6. The number of alkyl halides is 3. The molecule has 0 amide bonds. The molecule has 23 heavy (non-hydrogen) atoms. The van der Waals surface area contributed by atoms with Crippen molar-refractivity contribution in [2.75, 3.05) is 0 Å². The molecule has 118 valence electrons. The van der Waals surface area contributed by atoms with Crippen LogP contribution in [0.1, 0.15) is 5.69 Å². The van der Waals surface area contributed by atoms with E-state index in [1.807, 2.05) is 6.07 Å². The normalized spacial score (nSPS) is 11.7. The maximum absolute atomic E-state index is 12.5. The highest BCUT2D eigenvalue weighted by Gasteiger charge is 2.32. The largest absolute Gasteiger partial charge is 0.435 e. The van der Waals surface area contributed by atoms with Crippen LogP contribution in [0, 0.1) is 0 Å². The van der Waals surface area contributed by atoms with Crippen molar-refractivity contribution < 1.29 is 13.2 Å². The molecule has 0 aromatic carbocycles. The van der Waals surface area contributed by atoms with Crippen LogP contribution in [-0.4, -0.2) is 29.9 Å². The molecular formula is C13H9F3N6S. The Morgan fingerprint density at radius 1 is 1.00 bits per heavy atom. The van der Waals surface area contributed by atoms with Crippen LogP contribution in [0.5, 0.6) is 0 Å². The number of aromatic nitrogens is 6. The van der Waals surface area contributed by atoms with Gasteiger partial charge in [0.1, 0.15) is 10.7 Å². The molecule has 3 aromatic heterocycles. The van der Waals surface area contributed by atoms with Crippen molar-refractivity contribution >= 4 is 11.8 Å². The molecule has 6 nitrogen and oxygen atoms in total. The standard InChI is InChI=1S/C13H9F3N6S/c1-22-11(8-4-2-3-7-17-8)20-21-12(22)23-10-6-5-9(18-19-10)13(14,15)16/h2-7H,1H3. The zero-order chi connectivity index (χ0) is 16.4. The van der Waals surface area contributed by atoms with Gasteiger partial charge in [0.2, 0.25) is 0 Å². The van der Waals surface area contributed by atoms with Crippen molar-refractivity contribution in [3.63, 3.8) is 0 Å². The molecule has 0 fully saturated rings. The minimum atomic E-state index is -4.51. The first-order valence-electron chi connectivity index (χ1n) is 6.35. The molecule has 0 aliphatic heterocycles. The topological polar surface area (TPSA) is 69.4 Å². The van der Waals surface area contributed by atoms with Crippen LogP contribution in [0.2, 0.25) is 0 Å². The van der Waals surface area contributed by atoms with E-state index in [-0.39, 0.29) is 0 Å². The van der Waals surface area contributed by atoms with E-state index >= 15 is 0 Å².